The van der Waals surface area contributed by atoms with Crippen molar-refractivity contribution < 1.29 is 17.9 Å². The zero-order valence-corrected chi connectivity index (χ0v) is 13.6. The first-order valence-electron chi connectivity index (χ1n) is 6.59. The van der Waals surface area contributed by atoms with Crippen molar-refractivity contribution in [1.29, 1.82) is 0 Å². The SMILES string of the molecule is CCOc1cccc(OCC(CS(=O)(=O)Cl)C(C)C)c1. The van der Waals surface area contributed by atoms with Gasteiger partial charge in [0.15, 0.2) is 0 Å². The Balaban J connectivity index is 2.65. The summed E-state index contributed by atoms with van der Waals surface area (Å²) in [6, 6.07) is 7.29. The maximum Gasteiger partial charge on any atom is 0.233 e. The minimum atomic E-state index is -3.52. The summed E-state index contributed by atoms with van der Waals surface area (Å²) < 4.78 is 33.4. The van der Waals surface area contributed by atoms with Crippen molar-refractivity contribution in [3.63, 3.8) is 0 Å². The number of halogens is 1. The number of hydrogen-bond donors (Lipinski definition) is 0. The molecule has 0 aliphatic carbocycles. The van der Waals surface area contributed by atoms with E-state index in [9.17, 15) is 8.42 Å². The number of ether oxygens (including phenoxy) is 2. The van der Waals surface area contributed by atoms with Gasteiger partial charge in [-0.25, -0.2) is 8.42 Å². The second-order valence-electron chi connectivity index (χ2n) is 4.93. The van der Waals surface area contributed by atoms with Crippen LogP contribution in [0.3, 0.4) is 0 Å². The highest BCUT2D eigenvalue weighted by molar-refractivity contribution is 8.13. The molecule has 1 atom stereocenters. The van der Waals surface area contributed by atoms with Crippen LogP contribution in [0.1, 0.15) is 20.8 Å². The second kappa shape index (κ2) is 7.74. The molecule has 0 fully saturated rings. The lowest BCUT2D eigenvalue weighted by atomic mass is 9.99. The molecule has 0 aliphatic heterocycles. The van der Waals surface area contributed by atoms with Crippen molar-refractivity contribution in [3.05, 3.63) is 24.3 Å². The third-order valence-electron chi connectivity index (χ3n) is 2.94. The van der Waals surface area contributed by atoms with Gasteiger partial charge < -0.3 is 9.47 Å². The van der Waals surface area contributed by atoms with Gasteiger partial charge in [0.1, 0.15) is 11.5 Å². The molecule has 0 heterocycles. The predicted molar refractivity (Wildman–Crippen MR) is 81.1 cm³/mol. The van der Waals surface area contributed by atoms with Crippen LogP contribution in [0.15, 0.2) is 24.3 Å². The summed E-state index contributed by atoms with van der Waals surface area (Å²) in [6.07, 6.45) is 0. The van der Waals surface area contributed by atoms with E-state index in [2.05, 4.69) is 0 Å². The van der Waals surface area contributed by atoms with E-state index in [-0.39, 0.29) is 17.6 Å². The molecule has 0 bridgehead atoms. The van der Waals surface area contributed by atoms with Gasteiger partial charge in [0.05, 0.1) is 19.0 Å². The van der Waals surface area contributed by atoms with Gasteiger partial charge in [-0.15, -0.1) is 0 Å². The molecule has 0 aliphatic rings. The highest BCUT2D eigenvalue weighted by atomic mass is 35.7. The molecule has 0 N–H and O–H groups in total. The normalized spacial score (nSPS) is 13.2. The van der Waals surface area contributed by atoms with E-state index >= 15 is 0 Å². The fourth-order valence-corrected chi connectivity index (χ4v) is 3.19. The molecule has 4 nitrogen and oxygen atoms in total. The quantitative estimate of drug-likeness (QED) is 0.690. The van der Waals surface area contributed by atoms with Crippen molar-refractivity contribution in [3.8, 4) is 11.5 Å². The average molecular weight is 321 g/mol. The molecule has 1 rings (SSSR count). The summed E-state index contributed by atoms with van der Waals surface area (Å²) in [5.41, 5.74) is 0. The van der Waals surface area contributed by atoms with Gasteiger partial charge in [-0.3, -0.25) is 0 Å². The van der Waals surface area contributed by atoms with Gasteiger partial charge in [-0.1, -0.05) is 19.9 Å². The zero-order valence-electron chi connectivity index (χ0n) is 12.0. The molecule has 1 unspecified atom stereocenters. The standard InChI is InChI=1S/C14H21ClO4S/c1-4-18-13-6-5-7-14(8-13)19-9-12(11(2)3)10-20(15,16)17/h5-8,11-12H,4,9-10H2,1-3H3. The van der Waals surface area contributed by atoms with Gasteiger partial charge >= 0.3 is 0 Å². The molecule has 0 aromatic heterocycles. The summed E-state index contributed by atoms with van der Waals surface area (Å²) in [4.78, 5) is 0. The van der Waals surface area contributed by atoms with E-state index < -0.39 is 9.05 Å². The lowest BCUT2D eigenvalue weighted by Gasteiger charge is -2.20. The maximum atomic E-state index is 11.2. The molecule has 1 aromatic carbocycles. The van der Waals surface area contributed by atoms with Crippen LogP contribution in [-0.4, -0.2) is 27.4 Å². The Morgan fingerprint density at radius 2 is 1.80 bits per heavy atom. The lowest BCUT2D eigenvalue weighted by Crippen LogP contribution is -2.24. The topological polar surface area (TPSA) is 52.6 Å². The summed E-state index contributed by atoms with van der Waals surface area (Å²) in [5, 5.41) is 0. The van der Waals surface area contributed by atoms with E-state index in [0.717, 1.165) is 5.75 Å². The third kappa shape index (κ3) is 6.48. The summed E-state index contributed by atoms with van der Waals surface area (Å²) >= 11 is 0. The predicted octanol–water partition coefficient (Wildman–Crippen LogP) is 3.30. The third-order valence-corrected chi connectivity index (χ3v) is 4.14. The minimum absolute atomic E-state index is 0.0859. The molecule has 0 spiro atoms. The van der Waals surface area contributed by atoms with Gasteiger partial charge in [0.25, 0.3) is 0 Å². The van der Waals surface area contributed by atoms with Crippen LogP contribution in [-0.2, 0) is 9.05 Å². The van der Waals surface area contributed by atoms with Crippen LogP contribution in [0, 0.1) is 11.8 Å². The lowest BCUT2D eigenvalue weighted by molar-refractivity contribution is 0.224. The van der Waals surface area contributed by atoms with E-state index in [1.807, 2.05) is 39.0 Å². The van der Waals surface area contributed by atoms with Crippen LogP contribution in [0.4, 0.5) is 0 Å². The summed E-state index contributed by atoms with van der Waals surface area (Å²) in [6.45, 7) is 6.70. The van der Waals surface area contributed by atoms with Gasteiger partial charge in [0, 0.05) is 22.7 Å². The van der Waals surface area contributed by atoms with Crippen LogP contribution in [0.2, 0.25) is 0 Å². The van der Waals surface area contributed by atoms with E-state index in [0.29, 0.717) is 19.0 Å². The number of rotatable bonds is 8. The summed E-state index contributed by atoms with van der Waals surface area (Å²) in [7, 11) is 1.79. The van der Waals surface area contributed by atoms with Crippen molar-refractivity contribution >= 4 is 19.7 Å². The van der Waals surface area contributed by atoms with Gasteiger partial charge in [-0.05, 0) is 25.0 Å². The largest absolute Gasteiger partial charge is 0.494 e. The molecule has 0 saturated heterocycles. The Bertz CT molecular complexity index is 514. The highest BCUT2D eigenvalue weighted by Crippen LogP contribution is 2.22. The van der Waals surface area contributed by atoms with Crippen LogP contribution < -0.4 is 9.47 Å². The van der Waals surface area contributed by atoms with Crippen molar-refractivity contribution in [2.24, 2.45) is 11.8 Å². The zero-order chi connectivity index (χ0) is 15.2. The first kappa shape index (κ1) is 17.1. The molecule has 0 radical (unpaired) electrons. The highest BCUT2D eigenvalue weighted by Gasteiger charge is 2.21. The summed E-state index contributed by atoms with van der Waals surface area (Å²) in [5.74, 6) is 1.33. The Kier molecular flexibility index (Phi) is 6.62. The first-order chi connectivity index (χ1) is 9.31. The fourth-order valence-electron chi connectivity index (χ4n) is 1.71. The Morgan fingerprint density at radius 1 is 1.20 bits per heavy atom. The Morgan fingerprint density at radius 3 is 2.30 bits per heavy atom. The molecule has 6 heteroatoms. The Labute approximate surface area is 125 Å². The second-order valence-corrected chi connectivity index (χ2v) is 7.75. The Hall–Kier alpha value is -0.940. The van der Waals surface area contributed by atoms with E-state index in [1.54, 1.807) is 6.07 Å². The molecule has 0 saturated carbocycles. The van der Waals surface area contributed by atoms with Crippen LogP contribution in [0.25, 0.3) is 0 Å². The average Bonchev–Trinajstić information content (AvgIpc) is 2.34. The molecule has 114 valence electrons. The van der Waals surface area contributed by atoms with Crippen LogP contribution in [0.5, 0.6) is 11.5 Å². The maximum absolute atomic E-state index is 11.2. The molecule has 1 aromatic rings. The van der Waals surface area contributed by atoms with E-state index in [1.165, 1.54) is 0 Å². The monoisotopic (exact) mass is 320 g/mol. The smallest absolute Gasteiger partial charge is 0.233 e. The van der Waals surface area contributed by atoms with Gasteiger partial charge in [-0.2, -0.15) is 0 Å². The number of hydrogen-bond acceptors (Lipinski definition) is 4. The first-order valence-corrected chi connectivity index (χ1v) is 9.07. The van der Waals surface area contributed by atoms with Crippen molar-refractivity contribution in [2.75, 3.05) is 19.0 Å². The minimum Gasteiger partial charge on any atom is -0.494 e. The van der Waals surface area contributed by atoms with Crippen LogP contribution >= 0.6 is 10.7 Å². The van der Waals surface area contributed by atoms with E-state index in [4.69, 9.17) is 20.2 Å². The molecule has 20 heavy (non-hydrogen) atoms. The van der Waals surface area contributed by atoms with Crippen molar-refractivity contribution in [1.82, 2.24) is 0 Å². The van der Waals surface area contributed by atoms with Crippen molar-refractivity contribution in [2.45, 2.75) is 20.8 Å². The van der Waals surface area contributed by atoms with Gasteiger partial charge in [0.2, 0.25) is 9.05 Å². The molecule has 0 amide bonds. The number of benzene rings is 1. The molecular formula is C14H21ClO4S. The molecular weight excluding hydrogens is 300 g/mol. The fraction of sp³-hybridized carbons (Fsp3) is 0.571.